The van der Waals surface area contributed by atoms with E-state index >= 15 is 0 Å². The summed E-state index contributed by atoms with van der Waals surface area (Å²) in [5.41, 5.74) is 1.24. The summed E-state index contributed by atoms with van der Waals surface area (Å²) in [6, 6.07) is 8.04. The summed E-state index contributed by atoms with van der Waals surface area (Å²) >= 11 is 0. The number of aryl methyl sites for hydroxylation is 1. The van der Waals surface area contributed by atoms with Crippen LogP contribution in [0, 0.1) is 6.92 Å². The first-order chi connectivity index (χ1) is 6.84. The number of aliphatic imine (C=N–C) groups is 1. The van der Waals surface area contributed by atoms with E-state index in [4.69, 9.17) is 4.74 Å². The fourth-order valence-corrected chi connectivity index (χ4v) is 1.33. The second-order valence-corrected chi connectivity index (χ2v) is 3.36. The highest BCUT2D eigenvalue weighted by molar-refractivity contribution is 5.84. The van der Waals surface area contributed by atoms with E-state index in [0.717, 1.165) is 24.7 Å². The van der Waals surface area contributed by atoms with Crippen molar-refractivity contribution in [2.75, 3.05) is 19.7 Å². The van der Waals surface area contributed by atoms with Crippen molar-refractivity contribution in [2.45, 2.75) is 6.92 Å². The predicted molar refractivity (Wildman–Crippen MR) is 57.0 cm³/mol. The van der Waals surface area contributed by atoms with Crippen LogP contribution in [0.4, 0.5) is 0 Å². The molecule has 0 bridgehead atoms. The summed E-state index contributed by atoms with van der Waals surface area (Å²) < 4.78 is 5.55. The van der Waals surface area contributed by atoms with Gasteiger partial charge in [-0.3, -0.25) is 4.99 Å². The first-order valence-electron chi connectivity index (χ1n) is 4.81. The van der Waals surface area contributed by atoms with Crippen LogP contribution in [0.1, 0.15) is 5.56 Å². The van der Waals surface area contributed by atoms with Gasteiger partial charge in [-0.25, -0.2) is 0 Å². The second-order valence-electron chi connectivity index (χ2n) is 3.36. The topological polar surface area (TPSA) is 33.6 Å². The van der Waals surface area contributed by atoms with Crippen LogP contribution in [0.15, 0.2) is 29.3 Å². The number of ether oxygens (including phenoxy) is 1. The van der Waals surface area contributed by atoms with Crippen LogP contribution in [0.25, 0.3) is 0 Å². The van der Waals surface area contributed by atoms with Crippen molar-refractivity contribution < 1.29 is 4.74 Å². The van der Waals surface area contributed by atoms with Crippen LogP contribution < -0.4 is 10.1 Å². The summed E-state index contributed by atoms with van der Waals surface area (Å²) in [5.74, 6) is 1.84. The van der Waals surface area contributed by atoms with Gasteiger partial charge in [-0.1, -0.05) is 17.7 Å². The molecule has 0 spiro atoms. The Hall–Kier alpha value is -1.51. The maximum absolute atomic E-state index is 5.55. The highest BCUT2D eigenvalue weighted by Gasteiger charge is 2.04. The van der Waals surface area contributed by atoms with Crippen LogP contribution in [-0.2, 0) is 0 Å². The molecule has 14 heavy (non-hydrogen) atoms. The van der Waals surface area contributed by atoms with Gasteiger partial charge >= 0.3 is 0 Å². The van der Waals surface area contributed by atoms with Gasteiger partial charge in [-0.15, -0.1) is 0 Å². The minimum Gasteiger partial charge on any atom is -0.486 e. The molecule has 1 aromatic rings. The average molecular weight is 190 g/mol. The van der Waals surface area contributed by atoms with Crippen LogP contribution in [0.5, 0.6) is 5.75 Å². The molecule has 2 rings (SSSR count). The molecule has 0 unspecified atom stereocenters. The van der Waals surface area contributed by atoms with E-state index < -0.39 is 0 Å². The quantitative estimate of drug-likeness (QED) is 0.781. The van der Waals surface area contributed by atoms with Crippen molar-refractivity contribution in [3.8, 4) is 5.75 Å². The van der Waals surface area contributed by atoms with E-state index in [0.29, 0.717) is 6.61 Å². The van der Waals surface area contributed by atoms with E-state index in [2.05, 4.69) is 17.2 Å². The van der Waals surface area contributed by atoms with Gasteiger partial charge in [-0.2, -0.15) is 0 Å². The Balaban J connectivity index is 1.88. The van der Waals surface area contributed by atoms with Gasteiger partial charge in [0.05, 0.1) is 6.54 Å². The van der Waals surface area contributed by atoms with Crippen molar-refractivity contribution in [3.63, 3.8) is 0 Å². The number of benzene rings is 1. The van der Waals surface area contributed by atoms with Gasteiger partial charge in [0.15, 0.2) is 0 Å². The van der Waals surface area contributed by atoms with Crippen molar-refractivity contribution in [2.24, 2.45) is 4.99 Å². The smallest absolute Gasteiger partial charge is 0.145 e. The monoisotopic (exact) mass is 190 g/mol. The number of hydrogen-bond acceptors (Lipinski definition) is 3. The lowest BCUT2D eigenvalue weighted by Gasteiger charge is -2.06. The molecular weight excluding hydrogens is 176 g/mol. The summed E-state index contributed by atoms with van der Waals surface area (Å²) in [6.07, 6.45) is 0. The van der Waals surface area contributed by atoms with Gasteiger partial charge in [-0.05, 0) is 19.1 Å². The van der Waals surface area contributed by atoms with Crippen molar-refractivity contribution >= 4 is 5.84 Å². The highest BCUT2D eigenvalue weighted by Crippen LogP contribution is 2.11. The molecule has 1 aliphatic rings. The Kier molecular flexibility index (Phi) is 2.68. The molecule has 74 valence electrons. The summed E-state index contributed by atoms with van der Waals surface area (Å²) in [7, 11) is 0. The number of hydrogen-bond donors (Lipinski definition) is 1. The molecule has 0 atom stereocenters. The van der Waals surface area contributed by atoms with Gasteiger partial charge in [0.2, 0.25) is 0 Å². The molecule has 3 nitrogen and oxygen atoms in total. The Morgan fingerprint density at radius 2 is 2.14 bits per heavy atom. The van der Waals surface area contributed by atoms with E-state index in [9.17, 15) is 0 Å². The average Bonchev–Trinajstić information content (AvgIpc) is 2.70. The maximum atomic E-state index is 5.55. The third-order valence-electron chi connectivity index (χ3n) is 2.14. The lowest BCUT2D eigenvalue weighted by Crippen LogP contribution is -2.24. The normalized spacial score (nSPS) is 14.8. The molecule has 0 amide bonds. The molecule has 0 aromatic heterocycles. The van der Waals surface area contributed by atoms with Crippen molar-refractivity contribution in [3.05, 3.63) is 29.8 Å². The Morgan fingerprint density at radius 3 is 2.79 bits per heavy atom. The van der Waals surface area contributed by atoms with Crippen LogP contribution >= 0.6 is 0 Å². The summed E-state index contributed by atoms with van der Waals surface area (Å²) in [4.78, 5) is 4.25. The molecular formula is C11H14N2O. The van der Waals surface area contributed by atoms with Gasteiger partial charge in [0.1, 0.15) is 18.2 Å². The largest absolute Gasteiger partial charge is 0.486 e. The molecule has 3 heteroatoms. The number of nitrogens with one attached hydrogen (secondary N) is 1. The molecule has 1 heterocycles. The van der Waals surface area contributed by atoms with Gasteiger partial charge in [0.25, 0.3) is 0 Å². The number of rotatable bonds is 3. The molecule has 1 aliphatic heterocycles. The molecule has 0 fully saturated rings. The first kappa shape index (κ1) is 9.06. The van der Waals surface area contributed by atoms with E-state index in [1.165, 1.54) is 5.56 Å². The zero-order chi connectivity index (χ0) is 9.80. The number of amidine groups is 1. The Morgan fingerprint density at radius 1 is 1.36 bits per heavy atom. The van der Waals surface area contributed by atoms with Crippen molar-refractivity contribution in [1.82, 2.24) is 5.32 Å². The van der Waals surface area contributed by atoms with E-state index in [1.807, 2.05) is 24.3 Å². The zero-order valence-corrected chi connectivity index (χ0v) is 8.29. The molecule has 0 radical (unpaired) electrons. The maximum Gasteiger partial charge on any atom is 0.145 e. The van der Waals surface area contributed by atoms with E-state index in [1.54, 1.807) is 0 Å². The predicted octanol–water partition coefficient (Wildman–Crippen LogP) is 1.38. The van der Waals surface area contributed by atoms with Gasteiger partial charge in [0, 0.05) is 6.54 Å². The molecule has 1 N–H and O–H groups in total. The van der Waals surface area contributed by atoms with Crippen LogP contribution in [-0.4, -0.2) is 25.5 Å². The Labute approximate surface area is 83.8 Å². The molecule has 0 aliphatic carbocycles. The molecule has 1 aromatic carbocycles. The van der Waals surface area contributed by atoms with Gasteiger partial charge < -0.3 is 10.1 Å². The summed E-state index contributed by atoms with van der Waals surface area (Å²) in [5, 5.41) is 3.16. The fourth-order valence-electron chi connectivity index (χ4n) is 1.33. The summed E-state index contributed by atoms with van der Waals surface area (Å²) in [6.45, 7) is 4.41. The highest BCUT2D eigenvalue weighted by atomic mass is 16.5. The van der Waals surface area contributed by atoms with Crippen molar-refractivity contribution in [1.29, 1.82) is 0 Å². The zero-order valence-electron chi connectivity index (χ0n) is 8.29. The third kappa shape index (κ3) is 2.25. The standard InChI is InChI=1S/C11H14N2O/c1-9-2-4-10(5-3-9)14-8-11-12-6-7-13-11/h2-5H,6-8H2,1H3,(H,12,13). The minimum absolute atomic E-state index is 0.545. The first-order valence-corrected chi connectivity index (χ1v) is 4.81. The number of nitrogens with zero attached hydrogens (tertiary/aromatic N) is 1. The second kappa shape index (κ2) is 4.13. The Bertz CT molecular complexity index is 330. The third-order valence-corrected chi connectivity index (χ3v) is 2.14. The van der Waals surface area contributed by atoms with Crippen LogP contribution in [0.3, 0.4) is 0 Å². The lowest BCUT2D eigenvalue weighted by atomic mass is 10.2. The SMILES string of the molecule is Cc1ccc(OCC2=NCCN2)cc1. The molecule has 0 saturated carbocycles. The van der Waals surface area contributed by atoms with E-state index in [-0.39, 0.29) is 0 Å². The minimum atomic E-state index is 0.545. The molecule has 0 saturated heterocycles. The lowest BCUT2D eigenvalue weighted by molar-refractivity contribution is 0.373. The van der Waals surface area contributed by atoms with Crippen LogP contribution in [0.2, 0.25) is 0 Å². The fraction of sp³-hybridized carbons (Fsp3) is 0.364.